The summed E-state index contributed by atoms with van der Waals surface area (Å²) in [6.45, 7) is 2.23. The monoisotopic (exact) mass is 268 g/mol. The van der Waals surface area contributed by atoms with Crippen molar-refractivity contribution in [1.29, 1.82) is 0 Å². The van der Waals surface area contributed by atoms with Crippen LogP contribution < -0.4 is 0 Å². The van der Waals surface area contributed by atoms with E-state index in [1.54, 1.807) is 0 Å². The lowest BCUT2D eigenvalue weighted by Crippen LogP contribution is -2.28. The maximum absolute atomic E-state index is 11.6. The first-order valence-electron chi connectivity index (χ1n) is 7.37. The van der Waals surface area contributed by atoms with Gasteiger partial charge in [-0.25, -0.2) is 0 Å². The molecule has 3 rings (SSSR count). The summed E-state index contributed by atoms with van der Waals surface area (Å²) < 4.78 is 0. The molecular formula is C18H20O2. The first-order chi connectivity index (χ1) is 9.66. The van der Waals surface area contributed by atoms with Gasteiger partial charge in [-0.3, -0.25) is 4.79 Å². The molecule has 1 fully saturated rings. The number of carboxylic acid groups (broad SMARTS) is 1. The van der Waals surface area contributed by atoms with Crippen molar-refractivity contribution in [2.24, 2.45) is 11.8 Å². The first kappa shape index (κ1) is 13.2. The van der Waals surface area contributed by atoms with Crippen LogP contribution in [0.25, 0.3) is 10.8 Å². The number of fused-ring (bicyclic) bond motifs is 1. The zero-order valence-corrected chi connectivity index (χ0v) is 11.8. The van der Waals surface area contributed by atoms with E-state index in [1.807, 2.05) is 12.1 Å². The Balaban J connectivity index is 2.09. The van der Waals surface area contributed by atoms with Gasteiger partial charge in [0.1, 0.15) is 0 Å². The Labute approximate surface area is 119 Å². The topological polar surface area (TPSA) is 37.3 Å². The highest BCUT2D eigenvalue weighted by Gasteiger charge is 2.35. The van der Waals surface area contributed by atoms with Crippen LogP contribution in [0.3, 0.4) is 0 Å². The number of carbonyl (C=O) groups is 1. The second-order valence-corrected chi connectivity index (χ2v) is 6.04. The number of benzene rings is 2. The average molecular weight is 268 g/mol. The largest absolute Gasteiger partial charge is 0.481 e. The zero-order valence-electron chi connectivity index (χ0n) is 11.8. The summed E-state index contributed by atoms with van der Waals surface area (Å²) in [7, 11) is 0. The van der Waals surface area contributed by atoms with Gasteiger partial charge in [0.15, 0.2) is 0 Å². The second kappa shape index (κ2) is 5.28. The molecule has 2 aromatic rings. The molecule has 3 atom stereocenters. The number of aliphatic carboxylic acids is 1. The summed E-state index contributed by atoms with van der Waals surface area (Å²) in [5.74, 6) is -0.135. The molecule has 1 saturated carbocycles. The maximum atomic E-state index is 11.6. The van der Waals surface area contributed by atoms with E-state index in [1.165, 1.54) is 16.3 Å². The molecule has 0 saturated heterocycles. The van der Waals surface area contributed by atoms with Crippen molar-refractivity contribution in [2.75, 3.05) is 0 Å². The van der Waals surface area contributed by atoms with Gasteiger partial charge in [-0.1, -0.05) is 49.4 Å². The Hall–Kier alpha value is -1.83. The van der Waals surface area contributed by atoms with Crippen LogP contribution in [0.1, 0.15) is 37.7 Å². The van der Waals surface area contributed by atoms with E-state index in [0.717, 1.165) is 19.3 Å². The molecule has 0 aromatic heterocycles. The lowest BCUT2D eigenvalue weighted by molar-refractivity contribution is -0.143. The normalized spacial score (nSPS) is 26.6. The molecular weight excluding hydrogens is 248 g/mol. The number of rotatable bonds is 2. The Morgan fingerprint density at radius 2 is 1.85 bits per heavy atom. The highest BCUT2D eigenvalue weighted by Crippen LogP contribution is 2.42. The van der Waals surface area contributed by atoms with Crippen molar-refractivity contribution in [3.05, 3.63) is 48.0 Å². The Morgan fingerprint density at radius 1 is 1.10 bits per heavy atom. The number of carboxylic acids is 1. The van der Waals surface area contributed by atoms with E-state index in [9.17, 15) is 9.90 Å². The van der Waals surface area contributed by atoms with Crippen LogP contribution in [0.4, 0.5) is 0 Å². The molecule has 2 aromatic carbocycles. The quantitative estimate of drug-likeness (QED) is 0.874. The molecule has 104 valence electrons. The third-order valence-corrected chi connectivity index (χ3v) is 4.65. The molecule has 2 nitrogen and oxygen atoms in total. The Bertz CT molecular complexity index is 627. The standard InChI is InChI=1S/C18H20O2/c1-12-9-10-16(18(19)20)17(11-12)15-8-4-6-13-5-2-3-7-14(13)15/h2-8,12,16-17H,9-11H2,1H3,(H,19,20). The highest BCUT2D eigenvalue weighted by atomic mass is 16.4. The van der Waals surface area contributed by atoms with Crippen LogP contribution in [-0.4, -0.2) is 11.1 Å². The van der Waals surface area contributed by atoms with Gasteiger partial charge in [-0.15, -0.1) is 0 Å². The molecule has 0 spiro atoms. The fourth-order valence-corrected chi connectivity index (χ4v) is 3.59. The summed E-state index contributed by atoms with van der Waals surface area (Å²) in [6, 6.07) is 14.5. The molecule has 0 aliphatic heterocycles. The molecule has 0 bridgehead atoms. The number of hydrogen-bond donors (Lipinski definition) is 1. The molecule has 0 heterocycles. The molecule has 20 heavy (non-hydrogen) atoms. The van der Waals surface area contributed by atoms with Gasteiger partial charge >= 0.3 is 5.97 Å². The van der Waals surface area contributed by atoms with Crippen molar-refractivity contribution in [3.8, 4) is 0 Å². The summed E-state index contributed by atoms with van der Waals surface area (Å²) in [4.78, 5) is 11.6. The van der Waals surface area contributed by atoms with E-state index >= 15 is 0 Å². The molecule has 1 N–H and O–H groups in total. The van der Waals surface area contributed by atoms with Crippen LogP contribution in [0.5, 0.6) is 0 Å². The molecule has 3 unspecified atom stereocenters. The van der Waals surface area contributed by atoms with Crippen molar-refractivity contribution >= 4 is 16.7 Å². The van der Waals surface area contributed by atoms with Gasteiger partial charge in [0.2, 0.25) is 0 Å². The van der Waals surface area contributed by atoms with Crippen molar-refractivity contribution in [3.63, 3.8) is 0 Å². The Morgan fingerprint density at radius 3 is 2.65 bits per heavy atom. The van der Waals surface area contributed by atoms with E-state index in [-0.39, 0.29) is 11.8 Å². The summed E-state index contributed by atoms with van der Waals surface area (Å²) >= 11 is 0. The predicted molar refractivity (Wildman–Crippen MR) is 80.8 cm³/mol. The highest BCUT2D eigenvalue weighted by molar-refractivity contribution is 5.87. The molecule has 0 amide bonds. The lowest BCUT2D eigenvalue weighted by atomic mass is 9.71. The molecule has 2 heteroatoms. The van der Waals surface area contributed by atoms with E-state index in [4.69, 9.17) is 0 Å². The summed E-state index contributed by atoms with van der Waals surface area (Å²) in [5, 5.41) is 11.9. The minimum atomic E-state index is -0.644. The summed E-state index contributed by atoms with van der Waals surface area (Å²) in [6.07, 6.45) is 2.80. The second-order valence-electron chi connectivity index (χ2n) is 6.04. The molecule has 0 radical (unpaired) electrons. The molecule has 1 aliphatic carbocycles. The van der Waals surface area contributed by atoms with Crippen molar-refractivity contribution in [2.45, 2.75) is 32.1 Å². The van der Waals surface area contributed by atoms with Gasteiger partial charge in [0.25, 0.3) is 0 Å². The van der Waals surface area contributed by atoms with Gasteiger partial charge in [0.05, 0.1) is 5.92 Å². The summed E-state index contributed by atoms with van der Waals surface area (Å²) in [5.41, 5.74) is 1.21. The number of hydrogen-bond acceptors (Lipinski definition) is 1. The minimum Gasteiger partial charge on any atom is -0.481 e. The van der Waals surface area contributed by atoms with Crippen LogP contribution in [0.15, 0.2) is 42.5 Å². The van der Waals surface area contributed by atoms with Crippen LogP contribution in [-0.2, 0) is 4.79 Å². The fourth-order valence-electron chi connectivity index (χ4n) is 3.59. The lowest BCUT2D eigenvalue weighted by Gasteiger charge is -2.33. The van der Waals surface area contributed by atoms with Crippen LogP contribution in [0, 0.1) is 11.8 Å². The first-order valence-corrected chi connectivity index (χ1v) is 7.37. The predicted octanol–water partition coefficient (Wildman–Crippen LogP) is 4.44. The maximum Gasteiger partial charge on any atom is 0.307 e. The van der Waals surface area contributed by atoms with Crippen molar-refractivity contribution < 1.29 is 9.90 Å². The third kappa shape index (κ3) is 2.31. The van der Waals surface area contributed by atoms with E-state index < -0.39 is 5.97 Å². The molecule has 1 aliphatic rings. The minimum absolute atomic E-state index is 0.141. The SMILES string of the molecule is CC1CCC(C(=O)O)C(c2cccc3ccccc23)C1. The van der Waals surface area contributed by atoms with Crippen LogP contribution in [0.2, 0.25) is 0 Å². The smallest absolute Gasteiger partial charge is 0.307 e. The van der Waals surface area contributed by atoms with Crippen molar-refractivity contribution in [1.82, 2.24) is 0 Å². The zero-order chi connectivity index (χ0) is 14.1. The van der Waals surface area contributed by atoms with Crippen LogP contribution >= 0.6 is 0 Å². The Kier molecular flexibility index (Phi) is 3.47. The van der Waals surface area contributed by atoms with Gasteiger partial charge < -0.3 is 5.11 Å². The average Bonchev–Trinajstić information content (AvgIpc) is 2.46. The van der Waals surface area contributed by atoms with Gasteiger partial charge in [0, 0.05) is 0 Å². The van der Waals surface area contributed by atoms with E-state index in [2.05, 4.69) is 37.3 Å². The van der Waals surface area contributed by atoms with Gasteiger partial charge in [-0.05, 0) is 47.4 Å². The van der Waals surface area contributed by atoms with E-state index in [0.29, 0.717) is 5.92 Å². The fraction of sp³-hybridized carbons (Fsp3) is 0.389. The van der Waals surface area contributed by atoms with Gasteiger partial charge in [-0.2, -0.15) is 0 Å². The third-order valence-electron chi connectivity index (χ3n) is 4.65.